The molecular weight excluding hydrogens is 881 g/mol. The van der Waals surface area contributed by atoms with Crippen LogP contribution in [0.4, 0.5) is 34.1 Å². The van der Waals surface area contributed by atoms with E-state index in [2.05, 4.69) is 219 Å². The van der Waals surface area contributed by atoms with E-state index in [0.29, 0.717) is 0 Å². The van der Waals surface area contributed by atoms with Crippen LogP contribution in [0.5, 0.6) is 0 Å². The minimum atomic E-state index is 0.0377. The second kappa shape index (κ2) is 21.7. The Balaban J connectivity index is 1.02. The van der Waals surface area contributed by atoms with Gasteiger partial charge in [0.15, 0.2) is 0 Å². The molecule has 0 bridgehead atoms. The molecule has 0 spiro atoms. The summed E-state index contributed by atoms with van der Waals surface area (Å²) in [4.78, 5) is 5.02. The second-order valence-electron chi connectivity index (χ2n) is 21.6. The Morgan fingerprint density at radius 2 is 0.795 bits per heavy atom. The quantitative estimate of drug-likeness (QED) is 0.0402. The minimum Gasteiger partial charge on any atom is -0.309 e. The molecule has 2 heteroatoms. The first kappa shape index (κ1) is 48.4. The van der Waals surface area contributed by atoms with E-state index in [-0.39, 0.29) is 5.41 Å². The molecule has 0 amide bonds. The molecule has 0 N–H and O–H groups in total. The van der Waals surface area contributed by atoms with Gasteiger partial charge in [-0.15, -0.1) is 0 Å². The highest BCUT2D eigenvalue weighted by atomic mass is 15.2. The van der Waals surface area contributed by atoms with Crippen molar-refractivity contribution in [2.75, 3.05) is 9.80 Å². The number of hydrogen-bond acceptors (Lipinski definition) is 2. The van der Waals surface area contributed by atoms with Crippen LogP contribution in [0.25, 0.3) is 43.8 Å². The van der Waals surface area contributed by atoms with Crippen molar-refractivity contribution in [3.63, 3.8) is 0 Å². The summed E-state index contributed by atoms with van der Waals surface area (Å²) >= 11 is 0. The van der Waals surface area contributed by atoms with Gasteiger partial charge in [-0.1, -0.05) is 229 Å². The first-order valence-corrected chi connectivity index (χ1v) is 28.1. The van der Waals surface area contributed by atoms with Crippen LogP contribution in [-0.2, 0) is 18.3 Å². The lowest BCUT2D eigenvalue weighted by Crippen LogP contribution is -2.25. The third-order valence-corrected chi connectivity index (χ3v) is 16.6. The molecule has 0 aromatic heterocycles. The van der Waals surface area contributed by atoms with Crippen molar-refractivity contribution in [3.05, 3.63) is 215 Å². The van der Waals surface area contributed by atoms with E-state index in [1.54, 1.807) is 11.1 Å². The highest BCUT2D eigenvalue weighted by Crippen LogP contribution is 2.56. The molecule has 0 fully saturated rings. The third kappa shape index (κ3) is 9.51. The molecule has 73 heavy (non-hydrogen) atoms. The summed E-state index contributed by atoms with van der Waals surface area (Å²) in [6.07, 6.45) is 20.6. The van der Waals surface area contributed by atoms with Gasteiger partial charge in [-0.25, -0.2) is 0 Å². The van der Waals surface area contributed by atoms with Crippen LogP contribution in [0.2, 0.25) is 0 Å². The number of anilines is 6. The van der Waals surface area contributed by atoms with E-state index in [9.17, 15) is 0 Å². The maximum absolute atomic E-state index is 2.61. The molecule has 0 atom stereocenters. The standard InChI is InChI=1S/C71H74N2/c1-5-7-9-11-13-22-46-71(47-23-14-12-10-8-6-2)67-48-52(4)32-44-61(67)62-45-38-56(50-68(62)71)54-35-41-59(42-36-54)72(58-39-30-51(3)31-40-58)69-63-26-18-20-28-65(63)70(66-29-21-19-27-64(66)69)73(57-24-16-15-17-25-57)60-43-37-53-33-34-55(53)49-60/h15-21,24-32,35-45,48-50H,5-14,22-23,33-34,46-47H2,1-4H3. The van der Waals surface area contributed by atoms with E-state index in [4.69, 9.17) is 0 Å². The van der Waals surface area contributed by atoms with Crippen molar-refractivity contribution in [1.29, 1.82) is 0 Å². The molecular formula is C71H74N2. The molecule has 368 valence electrons. The summed E-state index contributed by atoms with van der Waals surface area (Å²) in [5.41, 5.74) is 21.3. The number of para-hydroxylation sites is 1. The number of hydrogen-bond donors (Lipinski definition) is 0. The summed E-state index contributed by atoms with van der Waals surface area (Å²) in [6, 6.07) is 69.7. The van der Waals surface area contributed by atoms with Crippen LogP contribution in [0.1, 0.15) is 137 Å². The summed E-state index contributed by atoms with van der Waals surface area (Å²) in [6.45, 7) is 9.13. The van der Waals surface area contributed by atoms with Crippen molar-refractivity contribution in [2.45, 2.75) is 136 Å². The number of benzene rings is 9. The van der Waals surface area contributed by atoms with Gasteiger partial charge in [-0.2, -0.15) is 0 Å². The number of nitrogens with zero attached hydrogens (tertiary/aromatic N) is 2. The topological polar surface area (TPSA) is 6.48 Å². The van der Waals surface area contributed by atoms with E-state index in [1.165, 1.54) is 179 Å². The minimum absolute atomic E-state index is 0.0377. The molecule has 2 aliphatic rings. The molecule has 11 rings (SSSR count). The first-order chi connectivity index (χ1) is 36.0. The molecule has 0 aliphatic heterocycles. The highest BCUT2D eigenvalue weighted by Gasteiger charge is 2.42. The summed E-state index contributed by atoms with van der Waals surface area (Å²) in [5.74, 6) is 0. The predicted molar refractivity (Wildman–Crippen MR) is 315 cm³/mol. The van der Waals surface area contributed by atoms with Crippen LogP contribution in [0.15, 0.2) is 182 Å². The van der Waals surface area contributed by atoms with Crippen LogP contribution >= 0.6 is 0 Å². The Bertz CT molecular complexity index is 3270. The fraction of sp³-hybridized carbons (Fsp3) is 0.296. The first-order valence-electron chi connectivity index (χ1n) is 28.1. The van der Waals surface area contributed by atoms with Crippen molar-refractivity contribution in [1.82, 2.24) is 0 Å². The zero-order valence-electron chi connectivity index (χ0n) is 44.0. The fourth-order valence-corrected chi connectivity index (χ4v) is 12.6. The average Bonchev–Trinajstić information content (AvgIpc) is 3.68. The number of rotatable bonds is 21. The largest absolute Gasteiger partial charge is 0.309 e. The Kier molecular flexibility index (Phi) is 14.4. The molecule has 9 aromatic rings. The van der Waals surface area contributed by atoms with E-state index in [0.717, 1.165) is 23.5 Å². The molecule has 9 aromatic carbocycles. The van der Waals surface area contributed by atoms with Crippen LogP contribution < -0.4 is 9.80 Å². The number of aryl methyl sites for hydroxylation is 4. The van der Waals surface area contributed by atoms with E-state index < -0.39 is 0 Å². The molecule has 0 heterocycles. The Labute approximate surface area is 436 Å². The zero-order chi connectivity index (χ0) is 49.7. The third-order valence-electron chi connectivity index (χ3n) is 16.6. The Hall–Kier alpha value is -6.90. The highest BCUT2D eigenvalue weighted by molar-refractivity contribution is 6.23. The van der Waals surface area contributed by atoms with E-state index >= 15 is 0 Å². The van der Waals surface area contributed by atoms with Gasteiger partial charge in [0.2, 0.25) is 0 Å². The molecule has 2 aliphatic carbocycles. The van der Waals surface area contributed by atoms with Gasteiger partial charge in [0.25, 0.3) is 0 Å². The van der Waals surface area contributed by atoms with E-state index in [1.807, 2.05) is 0 Å². The lowest BCUT2D eigenvalue weighted by Gasteiger charge is -2.34. The Morgan fingerprint density at radius 3 is 1.34 bits per heavy atom. The average molecular weight is 955 g/mol. The monoisotopic (exact) mass is 955 g/mol. The molecule has 0 saturated heterocycles. The maximum atomic E-state index is 2.61. The van der Waals surface area contributed by atoms with Gasteiger partial charge in [0.1, 0.15) is 0 Å². The lowest BCUT2D eigenvalue weighted by molar-refractivity contribution is 0.398. The van der Waals surface area contributed by atoms with Gasteiger partial charge in [0, 0.05) is 49.7 Å². The fourth-order valence-electron chi connectivity index (χ4n) is 12.6. The van der Waals surface area contributed by atoms with Crippen LogP contribution in [0, 0.1) is 13.8 Å². The molecule has 0 radical (unpaired) electrons. The lowest BCUT2D eigenvalue weighted by atomic mass is 9.70. The maximum Gasteiger partial charge on any atom is 0.0619 e. The molecule has 0 unspecified atom stereocenters. The van der Waals surface area contributed by atoms with Gasteiger partial charge in [0.05, 0.1) is 11.4 Å². The van der Waals surface area contributed by atoms with Crippen molar-refractivity contribution >= 4 is 55.7 Å². The predicted octanol–water partition coefficient (Wildman–Crippen LogP) is 21.1. The summed E-state index contributed by atoms with van der Waals surface area (Å²) in [5, 5.41) is 4.87. The van der Waals surface area contributed by atoms with Crippen LogP contribution in [0.3, 0.4) is 0 Å². The van der Waals surface area contributed by atoms with Crippen molar-refractivity contribution in [2.24, 2.45) is 0 Å². The SMILES string of the molecule is CCCCCCCCC1(CCCCCCCC)c2cc(C)ccc2-c2ccc(-c3ccc(N(c4ccc(C)cc4)c4c5ccccc5c(N(c5ccccc5)c5ccc6c(c5)CC6)c5ccccc45)cc3)cc21. The normalized spacial score (nSPS) is 13.2. The second-order valence-corrected chi connectivity index (χ2v) is 21.6. The summed E-state index contributed by atoms with van der Waals surface area (Å²) in [7, 11) is 0. The van der Waals surface area contributed by atoms with Gasteiger partial charge < -0.3 is 9.80 Å². The zero-order valence-corrected chi connectivity index (χ0v) is 44.0. The Morgan fingerprint density at radius 1 is 0.356 bits per heavy atom. The number of unbranched alkanes of at least 4 members (excludes halogenated alkanes) is 10. The summed E-state index contributed by atoms with van der Waals surface area (Å²) < 4.78 is 0. The van der Waals surface area contributed by atoms with Gasteiger partial charge in [-0.3, -0.25) is 0 Å². The van der Waals surface area contributed by atoms with Crippen molar-refractivity contribution in [3.8, 4) is 22.3 Å². The van der Waals surface area contributed by atoms with Crippen molar-refractivity contribution < 1.29 is 0 Å². The smallest absolute Gasteiger partial charge is 0.0619 e. The number of fused-ring (bicyclic) bond motifs is 6. The van der Waals surface area contributed by atoms with Crippen LogP contribution in [-0.4, -0.2) is 0 Å². The molecule has 2 nitrogen and oxygen atoms in total. The van der Waals surface area contributed by atoms with Gasteiger partial charge >= 0.3 is 0 Å². The molecule has 0 saturated carbocycles. The van der Waals surface area contributed by atoms with Gasteiger partial charge in [-0.05, 0) is 139 Å².